The van der Waals surface area contributed by atoms with Crippen molar-refractivity contribution in [1.82, 2.24) is 40.6 Å². The number of piperidine rings is 1. The van der Waals surface area contributed by atoms with Crippen molar-refractivity contribution in [2.24, 2.45) is 5.92 Å². The van der Waals surface area contributed by atoms with Crippen molar-refractivity contribution >= 4 is 29.3 Å². The first kappa shape index (κ1) is 33.2. The molecule has 0 bridgehead atoms. The smallest absolute Gasteiger partial charge is 0.345 e. The van der Waals surface area contributed by atoms with Crippen LogP contribution in [0.15, 0.2) is 24.4 Å². The average molecular weight is 675 g/mol. The highest BCUT2D eigenvalue weighted by molar-refractivity contribution is 6.33. The molecule has 4 heterocycles. The van der Waals surface area contributed by atoms with Crippen molar-refractivity contribution in [1.29, 1.82) is 0 Å². The second kappa shape index (κ2) is 13.3. The number of piperazine rings is 1. The molecule has 2 saturated heterocycles. The number of carbonyl (C=O) groups is 3. The van der Waals surface area contributed by atoms with E-state index in [1.54, 1.807) is 21.0 Å². The molecular weight excluding hydrogens is 646 g/mol. The van der Waals surface area contributed by atoms with Crippen molar-refractivity contribution in [3.63, 3.8) is 0 Å². The van der Waals surface area contributed by atoms with Crippen LogP contribution in [0, 0.1) is 5.92 Å². The van der Waals surface area contributed by atoms with Gasteiger partial charge < -0.3 is 25.4 Å². The third-order valence-corrected chi connectivity index (χ3v) is 8.14. The number of amides is 3. The van der Waals surface area contributed by atoms with Crippen LogP contribution in [0.2, 0.25) is 5.02 Å². The standard InChI is InChI=1S/C28H29ClF6N8O3/c29-18-11-15(1-2-17(18)26(46)43-9-7-42(8-10-43)25(45)16-3-5-36-6-4-16)13-38-24(44)23-37-14-20(39-23)21-19(12-27(30,31)32)40-41-22(21)28(33,34)35/h1-2,11,14,16,36H,3-10,12-13H2,(H,37,39)(H,38,44)(H,40,41). The lowest BCUT2D eigenvalue weighted by atomic mass is 9.96. The number of alkyl halides is 6. The first-order valence-corrected chi connectivity index (χ1v) is 14.7. The van der Waals surface area contributed by atoms with E-state index < -0.39 is 53.2 Å². The molecule has 2 aromatic heterocycles. The number of nitrogens with one attached hydrogen (secondary N) is 4. The molecule has 46 heavy (non-hydrogen) atoms. The van der Waals surface area contributed by atoms with Gasteiger partial charge in [0.2, 0.25) is 5.91 Å². The quantitative estimate of drug-likeness (QED) is 0.282. The lowest BCUT2D eigenvalue weighted by molar-refractivity contribution is -0.141. The first-order chi connectivity index (χ1) is 21.7. The first-order valence-electron chi connectivity index (χ1n) is 14.3. The van der Waals surface area contributed by atoms with Gasteiger partial charge in [-0.15, -0.1) is 0 Å². The number of aromatic amines is 2. The summed E-state index contributed by atoms with van der Waals surface area (Å²) in [5.74, 6) is -1.50. The van der Waals surface area contributed by atoms with E-state index in [4.69, 9.17) is 11.6 Å². The summed E-state index contributed by atoms with van der Waals surface area (Å²) in [6, 6.07) is 4.54. The molecule has 0 radical (unpaired) electrons. The summed E-state index contributed by atoms with van der Waals surface area (Å²) in [6.07, 6.45) is -9.20. The molecule has 2 aliphatic rings. The number of aromatic nitrogens is 4. The van der Waals surface area contributed by atoms with Gasteiger partial charge in [0.15, 0.2) is 11.5 Å². The van der Waals surface area contributed by atoms with E-state index in [-0.39, 0.29) is 34.9 Å². The largest absolute Gasteiger partial charge is 0.435 e. The van der Waals surface area contributed by atoms with Gasteiger partial charge in [-0.25, -0.2) is 4.98 Å². The third kappa shape index (κ3) is 7.63. The fourth-order valence-corrected chi connectivity index (χ4v) is 5.78. The zero-order valence-electron chi connectivity index (χ0n) is 24.1. The maximum atomic E-state index is 13.5. The Labute approximate surface area is 263 Å². The van der Waals surface area contributed by atoms with Gasteiger partial charge in [-0.3, -0.25) is 19.5 Å². The minimum atomic E-state index is -5.07. The number of nitrogens with zero attached hydrogens (tertiary/aromatic N) is 4. The molecular formula is C28H29ClF6N8O3. The van der Waals surface area contributed by atoms with Crippen LogP contribution in [0.5, 0.6) is 0 Å². The monoisotopic (exact) mass is 674 g/mol. The topological polar surface area (TPSA) is 139 Å². The summed E-state index contributed by atoms with van der Waals surface area (Å²) >= 11 is 6.40. The summed E-state index contributed by atoms with van der Waals surface area (Å²) in [7, 11) is 0. The van der Waals surface area contributed by atoms with Crippen LogP contribution in [-0.2, 0) is 23.9 Å². The van der Waals surface area contributed by atoms with Crippen LogP contribution in [0.25, 0.3) is 11.3 Å². The Morgan fingerprint density at radius 1 is 1.00 bits per heavy atom. The predicted octanol–water partition coefficient (Wildman–Crippen LogP) is 3.79. The highest BCUT2D eigenvalue weighted by atomic mass is 35.5. The molecule has 3 amide bonds. The van der Waals surface area contributed by atoms with Gasteiger partial charge in [0.1, 0.15) is 0 Å². The summed E-state index contributed by atoms with van der Waals surface area (Å²) in [6.45, 7) is 3.07. The SMILES string of the molecule is O=C(NCc1ccc(C(=O)N2CCN(C(=O)C3CCNCC3)CC2)c(Cl)c1)c1ncc(-c2c(C(F)(F)F)n[nH]c2CC(F)(F)F)[nH]1. The molecule has 18 heteroatoms. The number of hydrogen-bond donors (Lipinski definition) is 4. The molecule has 0 aliphatic carbocycles. The van der Waals surface area contributed by atoms with E-state index in [0.717, 1.165) is 32.1 Å². The van der Waals surface area contributed by atoms with Crippen LogP contribution < -0.4 is 10.6 Å². The Morgan fingerprint density at radius 2 is 1.67 bits per heavy atom. The Morgan fingerprint density at radius 3 is 2.30 bits per heavy atom. The van der Waals surface area contributed by atoms with Gasteiger partial charge in [0.25, 0.3) is 11.8 Å². The van der Waals surface area contributed by atoms with Crippen LogP contribution in [0.1, 0.15) is 50.8 Å². The van der Waals surface area contributed by atoms with Crippen molar-refractivity contribution in [3.8, 4) is 11.3 Å². The molecule has 0 unspecified atom stereocenters. The van der Waals surface area contributed by atoms with Crippen LogP contribution in [0.4, 0.5) is 26.3 Å². The van der Waals surface area contributed by atoms with Gasteiger partial charge >= 0.3 is 12.4 Å². The second-order valence-electron chi connectivity index (χ2n) is 11.0. The van der Waals surface area contributed by atoms with Crippen LogP contribution >= 0.6 is 11.6 Å². The highest BCUT2D eigenvalue weighted by Gasteiger charge is 2.41. The van der Waals surface area contributed by atoms with Gasteiger partial charge in [-0.2, -0.15) is 31.4 Å². The van der Waals surface area contributed by atoms with Crippen LogP contribution in [0.3, 0.4) is 0 Å². The molecule has 2 fully saturated rings. The van der Waals surface area contributed by atoms with Gasteiger partial charge in [0.05, 0.1) is 40.2 Å². The Kier molecular flexibility index (Phi) is 9.62. The predicted molar refractivity (Wildman–Crippen MR) is 152 cm³/mol. The fraction of sp³-hybridized carbons (Fsp3) is 0.464. The average Bonchev–Trinajstić information content (AvgIpc) is 3.66. The molecule has 0 saturated carbocycles. The Balaban J connectivity index is 1.19. The van der Waals surface area contributed by atoms with Crippen molar-refractivity contribution < 1.29 is 40.7 Å². The summed E-state index contributed by atoms with van der Waals surface area (Å²) < 4.78 is 79.3. The molecule has 1 aromatic carbocycles. The van der Waals surface area contributed by atoms with Crippen molar-refractivity contribution in [3.05, 3.63) is 57.8 Å². The Hall–Kier alpha value is -4.12. The third-order valence-electron chi connectivity index (χ3n) is 7.83. The number of benzene rings is 1. The van der Waals surface area contributed by atoms with Crippen molar-refractivity contribution in [2.45, 2.75) is 38.2 Å². The molecule has 5 rings (SSSR count). The summed E-state index contributed by atoms with van der Waals surface area (Å²) in [5.41, 5.74) is -3.07. The van der Waals surface area contributed by atoms with E-state index >= 15 is 0 Å². The maximum absolute atomic E-state index is 13.5. The fourth-order valence-electron chi connectivity index (χ4n) is 5.50. The lowest BCUT2D eigenvalue weighted by Crippen LogP contribution is -2.52. The summed E-state index contributed by atoms with van der Waals surface area (Å²) in [5, 5.41) is 10.7. The lowest BCUT2D eigenvalue weighted by Gasteiger charge is -2.37. The van der Waals surface area contributed by atoms with E-state index in [1.807, 2.05) is 0 Å². The van der Waals surface area contributed by atoms with Gasteiger partial charge in [0, 0.05) is 38.6 Å². The highest BCUT2D eigenvalue weighted by Crippen LogP contribution is 2.38. The van der Waals surface area contributed by atoms with E-state index in [1.165, 1.54) is 12.1 Å². The number of hydrogen-bond acceptors (Lipinski definition) is 6. The van der Waals surface area contributed by atoms with Crippen molar-refractivity contribution in [2.75, 3.05) is 39.3 Å². The normalized spacial score (nSPS) is 16.5. The summed E-state index contributed by atoms with van der Waals surface area (Å²) in [4.78, 5) is 48.1. The molecule has 0 spiro atoms. The second-order valence-corrected chi connectivity index (χ2v) is 11.4. The molecule has 11 nitrogen and oxygen atoms in total. The minimum Gasteiger partial charge on any atom is -0.345 e. The van der Waals surface area contributed by atoms with Crippen LogP contribution in [-0.4, -0.2) is 93.1 Å². The number of imidazole rings is 1. The number of H-pyrrole nitrogens is 2. The molecule has 4 N–H and O–H groups in total. The molecule has 0 atom stereocenters. The number of rotatable bonds is 7. The van der Waals surface area contributed by atoms with Gasteiger partial charge in [-0.05, 0) is 43.6 Å². The maximum Gasteiger partial charge on any atom is 0.435 e. The molecule has 2 aliphatic heterocycles. The zero-order chi connectivity index (χ0) is 33.2. The number of carbonyl (C=O) groups excluding carboxylic acids is 3. The molecule has 248 valence electrons. The molecule has 3 aromatic rings. The Bertz CT molecular complexity index is 1590. The van der Waals surface area contributed by atoms with Gasteiger partial charge in [-0.1, -0.05) is 17.7 Å². The van der Waals surface area contributed by atoms with E-state index in [2.05, 4.69) is 25.7 Å². The zero-order valence-corrected chi connectivity index (χ0v) is 24.9. The number of halogens is 7. The minimum absolute atomic E-state index is 0.00405. The van der Waals surface area contributed by atoms with E-state index in [0.29, 0.717) is 31.7 Å². The van der Waals surface area contributed by atoms with E-state index in [9.17, 15) is 40.7 Å².